The van der Waals surface area contributed by atoms with Crippen LogP contribution in [0.25, 0.3) is 0 Å². The first-order chi connectivity index (χ1) is 32.5. The second-order valence-corrected chi connectivity index (χ2v) is 19.6. The molecule has 0 saturated heterocycles. The van der Waals surface area contributed by atoms with E-state index in [1.165, 1.54) is 193 Å². The second kappa shape index (κ2) is 55.2. The molecule has 0 aliphatic heterocycles. The number of ether oxygens (including phenoxy) is 3. The van der Waals surface area contributed by atoms with Crippen molar-refractivity contribution >= 4 is 17.9 Å². The molecule has 1 unspecified atom stereocenters. The Hall–Kier alpha value is -2.37. The minimum Gasteiger partial charge on any atom is -0.462 e. The van der Waals surface area contributed by atoms with Crippen molar-refractivity contribution in [2.45, 2.75) is 316 Å². The zero-order chi connectivity index (χ0) is 47.9. The third kappa shape index (κ3) is 52.6. The lowest BCUT2D eigenvalue weighted by Gasteiger charge is -2.18. The van der Waals surface area contributed by atoms with Gasteiger partial charge in [-0.25, -0.2) is 0 Å². The van der Waals surface area contributed by atoms with Gasteiger partial charge >= 0.3 is 17.9 Å². The van der Waals surface area contributed by atoms with Gasteiger partial charge in [-0.2, -0.15) is 0 Å². The largest absolute Gasteiger partial charge is 0.462 e. The lowest BCUT2D eigenvalue weighted by atomic mass is 10.0. The van der Waals surface area contributed by atoms with Crippen molar-refractivity contribution in [3.63, 3.8) is 0 Å². The maximum absolute atomic E-state index is 12.8. The van der Waals surface area contributed by atoms with E-state index in [2.05, 4.69) is 57.2 Å². The van der Waals surface area contributed by atoms with Crippen molar-refractivity contribution in [3.05, 3.63) is 36.5 Å². The van der Waals surface area contributed by atoms with E-state index in [0.29, 0.717) is 19.3 Å². The van der Waals surface area contributed by atoms with Crippen LogP contribution in [0.15, 0.2) is 36.5 Å². The van der Waals surface area contributed by atoms with Crippen LogP contribution >= 0.6 is 0 Å². The van der Waals surface area contributed by atoms with Crippen LogP contribution in [0.1, 0.15) is 310 Å². The van der Waals surface area contributed by atoms with Gasteiger partial charge in [-0.15, -0.1) is 0 Å². The molecule has 0 rings (SSSR count). The Morgan fingerprint density at radius 1 is 0.303 bits per heavy atom. The van der Waals surface area contributed by atoms with Crippen LogP contribution in [0.4, 0.5) is 0 Å². The van der Waals surface area contributed by atoms with Gasteiger partial charge in [0.2, 0.25) is 0 Å². The summed E-state index contributed by atoms with van der Waals surface area (Å²) in [5.41, 5.74) is 0. The number of unbranched alkanes of at least 4 members (excludes halogenated alkanes) is 36. The highest BCUT2D eigenvalue weighted by Crippen LogP contribution is 2.17. The minimum absolute atomic E-state index is 0.0733. The summed E-state index contributed by atoms with van der Waals surface area (Å²) in [5, 5.41) is 0. The standard InChI is InChI=1S/C60H110O6/c1-4-7-10-13-16-19-21-23-25-27-29-30-32-33-35-37-39-41-44-47-50-53-59(62)65-56-57(55-64-58(61)52-49-46-43-18-15-12-9-6-3)66-60(63)54-51-48-45-42-40-38-36-34-31-28-26-24-22-20-17-14-11-8-5-2/h17,20,24,26,31,34,57H,4-16,18-19,21-23,25,27-30,32-33,35-56H2,1-3H3/b20-17-,26-24-,34-31-. The highest BCUT2D eigenvalue weighted by atomic mass is 16.6. The molecule has 6 nitrogen and oxygen atoms in total. The Labute approximate surface area is 410 Å². The first-order valence-corrected chi connectivity index (χ1v) is 29.0. The number of allylic oxidation sites excluding steroid dienone is 6. The average Bonchev–Trinajstić information content (AvgIpc) is 3.31. The fourth-order valence-electron chi connectivity index (χ4n) is 8.51. The maximum atomic E-state index is 12.8. The Kier molecular flexibility index (Phi) is 53.2. The van der Waals surface area contributed by atoms with E-state index >= 15 is 0 Å². The normalized spacial score (nSPS) is 12.2. The van der Waals surface area contributed by atoms with E-state index in [4.69, 9.17) is 14.2 Å². The molecule has 0 N–H and O–H groups in total. The van der Waals surface area contributed by atoms with Crippen molar-refractivity contribution in [3.8, 4) is 0 Å². The van der Waals surface area contributed by atoms with Gasteiger partial charge in [0.1, 0.15) is 13.2 Å². The molecule has 0 heterocycles. The smallest absolute Gasteiger partial charge is 0.306 e. The molecule has 0 radical (unpaired) electrons. The third-order valence-electron chi connectivity index (χ3n) is 12.9. The van der Waals surface area contributed by atoms with Gasteiger partial charge in [-0.1, -0.05) is 269 Å². The quantitative estimate of drug-likeness (QED) is 0.0262. The molecule has 0 aliphatic rings. The Balaban J connectivity index is 4.21. The van der Waals surface area contributed by atoms with Crippen LogP contribution in [0.5, 0.6) is 0 Å². The van der Waals surface area contributed by atoms with Crippen LogP contribution < -0.4 is 0 Å². The molecule has 0 bridgehead atoms. The van der Waals surface area contributed by atoms with Crippen LogP contribution in [0.2, 0.25) is 0 Å². The molecule has 66 heavy (non-hydrogen) atoms. The molecule has 386 valence electrons. The number of hydrogen-bond donors (Lipinski definition) is 0. The summed E-state index contributed by atoms with van der Waals surface area (Å²) in [4.78, 5) is 38.0. The molecular formula is C60H110O6. The van der Waals surface area contributed by atoms with Gasteiger partial charge < -0.3 is 14.2 Å². The summed E-state index contributed by atoms with van der Waals surface area (Å²) < 4.78 is 16.8. The van der Waals surface area contributed by atoms with Crippen LogP contribution in [0, 0.1) is 0 Å². The summed E-state index contributed by atoms with van der Waals surface area (Å²) in [6.45, 7) is 6.61. The fourth-order valence-corrected chi connectivity index (χ4v) is 8.51. The molecule has 1 atom stereocenters. The van der Waals surface area contributed by atoms with Crippen molar-refractivity contribution in [2.24, 2.45) is 0 Å². The summed E-state index contributed by atoms with van der Waals surface area (Å²) in [6.07, 6.45) is 65.8. The first-order valence-electron chi connectivity index (χ1n) is 29.0. The molecule has 0 aromatic rings. The summed E-state index contributed by atoms with van der Waals surface area (Å²) in [7, 11) is 0. The lowest BCUT2D eigenvalue weighted by molar-refractivity contribution is -0.167. The van der Waals surface area contributed by atoms with Crippen LogP contribution in [-0.4, -0.2) is 37.2 Å². The van der Waals surface area contributed by atoms with Crippen molar-refractivity contribution in [1.29, 1.82) is 0 Å². The monoisotopic (exact) mass is 927 g/mol. The molecular weight excluding hydrogens is 817 g/mol. The van der Waals surface area contributed by atoms with E-state index in [1.54, 1.807) is 0 Å². The Bertz CT molecular complexity index is 1110. The van der Waals surface area contributed by atoms with Gasteiger partial charge in [-0.3, -0.25) is 14.4 Å². The lowest BCUT2D eigenvalue weighted by Crippen LogP contribution is -2.30. The molecule has 0 fully saturated rings. The second-order valence-electron chi connectivity index (χ2n) is 19.6. The topological polar surface area (TPSA) is 78.9 Å². The van der Waals surface area contributed by atoms with Crippen molar-refractivity contribution < 1.29 is 28.6 Å². The molecule has 0 aromatic carbocycles. The molecule has 0 aromatic heterocycles. The fraction of sp³-hybridized carbons (Fsp3) is 0.850. The van der Waals surface area contributed by atoms with Gasteiger partial charge in [-0.05, 0) is 57.8 Å². The molecule has 0 saturated carbocycles. The van der Waals surface area contributed by atoms with Gasteiger partial charge in [0.25, 0.3) is 0 Å². The number of carbonyl (C=O) groups excluding carboxylic acids is 3. The predicted molar refractivity (Wildman–Crippen MR) is 284 cm³/mol. The van der Waals surface area contributed by atoms with Gasteiger partial charge in [0, 0.05) is 19.3 Å². The van der Waals surface area contributed by atoms with E-state index in [9.17, 15) is 14.4 Å². The molecule has 0 spiro atoms. The minimum atomic E-state index is -0.774. The Morgan fingerprint density at radius 3 is 0.879 bits per heavy atom. The number of rotatable bonds is 53. The molecule has 6 heteroatoms. The van der Waals surface area contributed by atoms with Crippen LogP contribution in [-0.2, 0) is 28.6 Å². The highest BCUT2D eigenvalue weighted by molar-refractivity contribution is 5.71. The van der Waals surface area contributed by atoms with E-state index in [1.807, 2.05) is 0 Å². The SMILES string of the molecule is CCCCC/C=C\C/C=C\C/C=C\CCCCCCCCC(=O)OC(COC(=O)CCCCCCCCCC)COC(=O)CCCCCCCCCCCCCCCCCCCCCCC. The summed E-state index contributed by atoms with van der Waals surface area (Å²) in [6, 6.07) is 0. The number of esters is 3. The highest BCUT2D eigenvalue weighted by Gasteiger charge is 2.19. The van der Waals surface area contributed by atoms with Gasteiger partial charge in [0.05, 0.1) is 0 Å². The Morgan fingerprint density at radius 2 is 0.545 bits per heavy atom. The van der Waals surface area contributed by atoms with Crippen molar-refractivity contribution in [1.82, 2.24) is 0 Å². The third-order valence-corrected chi connectivity index (χ3v) is 12.9. The van der Waals surface area contributed by atoms with Crippen molar-refractivity contribution in [2.75, 3.05) is 13.2 Å². The summed E-state index contributed by atoms with van der Waals surface area (Å²) >= 11 is 0. The number of carbonyl (C=O) groups is 3. The molecule has 0 amide bonds. The summed E-state index contributed by atoms with van der Waals surface area (Å²) in [5.74, 6) is -0.874. The van der Waals surface area contributed by atoms with E-state index in [-0.39, 0.29) is 31.1 Å². The predicted octanol–water partition coefficient (Wildman–Crippen LogP) is 19.3. The zero-order valence-corrected chi connectivity index (χ0v) is 44.2. The first kappa shape index (κ1) is 63.6. The van der Waals surface area contributed by atoms with Crippen LogP contribution in [0.3, 0.4) is 0 Å². The zero-order valence-electron chi connectivity index (χ0n) is 44.2. The maximum Gasteiger partial charge on any atom is 0.306 e. The molecule has 0 aliphatic carbocycles. The number of hydrogen-bond acceptors (Lipinski definition) is 6. The average molecular weight is 928 g/mol. The van der Waals surface area contributed by atoms with Gasteiger partial charge in [0.15, 0.2) is 6.10 Å². The van der Waals surface area contributed by atoms with E-state index in [0.717, 1.165) is 77.0 Å². The van der Waals surface area contributed by atoms with E-state index < -0.39 is 6.10 Å².